The lowest BCUT2D eigenvalue weighted by atomic mass is 9.96. The van der Waals surface area contributed by atoms with Gasteiger partial charge >= 0.3 is 6.09 Å². The zero-order valence-electron chi connectivity index (χ0n) is 18.2. The Balaban J connectivity index is 1.30. The van der Waals surface area contributed by atoms with Crippen LogP contribution in [0, 0.1) is 5.92 Å². The number of piperidine rings is 1. The largest absolute Gasteiger partial charge is 0.450 e. The fourth-order valence-corrected chi connectivity index (χ4v) is 4.43. The summed E-state index contributed by atoms with van der Waals surface area (Å²) in [5, 5.41) is 4.69. The Morgan fingerprint density at radius 1 is 1.19 bits per heavy atom. The summed E-state index contributed by atoms with van der Waals surface area (Å²) < 4.78 is 10.5. The van der Waals surface area contributed by atoms with E-state index >= 15 is 0 Å². The van der Waals surface area contributed by atoms with Crippen LogP contribution in [0.15, 0.2) is 28.8 Å². The molecule has 3 heterocycles. The van der Waals surface area contributed by atoms with E-state index in [1.165, 1.54) is 0 Å². The molecule has 9 nitrogen and oxygen atoms in total. The van der Waals surface area contributed by atoms with Crippen molar-refractivity contribution in [3.05, 3.63) is 35.2 Å². The SMILES string of the molecule is CCOC(=O)N1CCN(C(=O)C2CCCN(Cc3nc(-c4cccc(Cl)c4)no3)C2)CC1. The Morgan fingerprint density at radius 2 is 1.97 bits per heavy atom. The number of likely N-dealkylation sites (tertiary alicyclic amines) is 1. The fourth-order valence-electron chi connectivity index (χ4n) is 4.24. The number of piperazine rings is 1. The predicted molar refractivity (Wildman–Crippen MR) is 118 cm³/mol. The summed E-state index contributed by atoms with van der Waals surface area (Å²) in [6.45, 7) is 6.30. The number of carbonyl (C=O) groups is 2. The molecule has 2 amide bonds. The molecule has 0 aliphatic carbocycles. The van der Waals surface area contributed by atoms with E-state index in [2.05, 4.69) is 15.0 Å². The van der Waals surface area contributed by atoms with Crippen LogP contribution in [-0.4, -0.2) is 82.7 Å². The lowest BCUT2D eigenvalue weighted by molar-refractivity contribution is -0.139. The topological polar surface area (TPSA) is 92.0 Å². The average Bonchev–Trinajstić information content (AvgIpc) is 3.27. The van der Waals surface area contributed by atoms with E-state index < -0.39 is 0 Å². The number of amides is 2. The van der Waals surface area contributed by atoms with E-state index in [-0.39, 0.29) is 17.9 Å². The molecular weight excluding hydrogens is 434 g/mol. The number of aromatic nitrogens is 2. The molecule has 0 N–H and O–H groups in total. The Labute approximate surface area is 192 Å². The summed E-state index contributed by atoms with van der Waals surface area (Å²) in [6, 6.07) is 7.33. The number of hydrogen-bond donors (Lipinski definition) is 0. The molecule has 10 heteroatoms. The van der Waals surface area contributed by atoms with Crippen molar-refractivity contribution in [3.8, 4) is 11.4 Å². The normalized spacial score (nSPS) is 19.8. The molecule has 2 saturated heterocycles. The molecule has 0 bridgehead atoms. The van der Waals surface area contributed by atoms with Crippen molar-refractivity contribution in [2.24, 2.45) is 5.92 Å². The second kappa shape index (κ2) is 10.3. The second-order valence-electron chi connectivity index (χ2n) is 8.11. The molecule has 172 valence electrons. The Morgan fingerprint density at radius 3 is 2.72 bits per heavy atom. The number of ether oxygens (including phenoxy) is 1. The lowest BCUT2D eigenvalue weighted by Crippen LogP contribution is -2.53. The minimum absolute atomic E-state index is 0.0618. The van der Waals surface area contributed by atoms with E-state index in [1.807, 2.05) is 17.0 Å². The smallest absolute Gasteiger partial charge is 0.409 e. The van der Waals surface area contributed by atoms with Gasteiger partial charge < -0.3 is 19.1 Å². The highest BCUT2D eigenvalue weighted by atomic mass is 35.5. The number of halogens is 1. The van der Waals surface area contributed by atoms with Gasteiger partial charge in [-0.15, -0.1) is 0 Å². The van der Waals surface area contributed by atoms with Crippen molar-refractivity contribution in [2.45, 2.75) is 26.3 Å². The van der Waals surface area contributed by atoms with Gasteiger partial charge in [0.25, 0.3) is 0 Å². The minimum atomic E-state index is -0.305. The van der Waals surface area contributed by atoms with E-state index in [9.17, 15) is 9.59 Å². The van der Waals surface area contributed by atoms with Crippen LogP contribution in [-0.2, 0) is 16.1 Å². The number of nitrogens with zero attached hydrogens (tertiary/aromatic N) is 5. The van der Waals surface area contributed by atoms with Crippen LogP contribution in [0.1, 0.15) is 25.7 Å². The molecular formula is C22H28ClN5O4. The van der Waals surface area contributed by atoms with Gasteiger partial charge in [-0.05, 0) is 38.4 Å². The second-order valence-corrected chi connectivity index (χ2v) is 8.54. The van der Waals surface area contributed by atoms with E-state index in [0.29, 0.717) is 62.6 Å². The highest BCUT2D eigenvalue weighted by Gasteiger charge is 2.32. The minimum Gasteiger partial charge on any atom is -0.450 e. The summed E-state index contributed by atoms with van der Waals surface area (Å²) in [7, 11) is 0. The number of carbonyl (C=O) groups excluding carboxylic acids is 2. The maximum absolute atomic E-state index is 13.1. The first-order valence-electron chi connectivity index (χ1n) is 11.0. The number of rotatable bonds is 5. The molecule has 1 aromatic carbocycles. The van der Waals surface area contributed by atoms with Crippen LogP contribution in [0.4, 0.5) is 4.79 Å². The van der Waals surface area contributed by atoms with Crippen molar-refractivity contribution >= 4 is 23.6 Å². The van der Waals surface area contributed by atoms with Crippen LogP contribution < -0.4 is 0 Å². The third-order valence-corrected chi connectivity index (χ3v) is 6.12. The Hall–Kier alpha value is -2.65. The molecule has 2 aliphatic rings. The van der Waals surface area contributed by atoms with Crippen molar-refractivity contribution in [3.63, 3.8) is 0 Å². The molecule has 1 unspecified atom stereocenters. The predicted octanol–water partition coefficient (Wildman–Crippen LogP) is 2.90. The Kier molecular flexibility index (Phi) is 7.26. The first-order chi connectivity index (χ1) is 15.5. The van der Waals surface area contributed by atoms with Gasteiger partial charge in [0.05, 0.1) is 19.1 Å². The highest BCUT2D eigenvalue weighted by molar-refractivity contribution is 6.30. The van der Waals surface area contributed by atoms with E-state index in [0.717, 1.165) is 24.9 Å². The molecule has 0 radical (unpaired) electrons. The van der Waals surface area contributed by atoms with Gasteiger partial charge in [-0.25, -0.2) is 4.79 Å². The first-order valence-corrected chi connectivity index (χ1v) is 11.4. The van der Waals surface area contributed by atoms with Crippen LogP contribution in [0.3, 0.4) is 0 Å². The molecule has 0 saturated carbocycles. The third kappa shape index (κ3) is 5.39. The quantitative estimate of drug-likeness (QED) is 0.675. The van der Waals surface area contributed by atoms with Crippen LogP contribution in [0.2, 0.25) is 5.02 Å². The number of benzene rings is 1. The van der Waals surface area contributed by atoms with Gasteiger partial charge in [0.2, 0.25) is 17.6 Å². The van der Waals surface area contributed by atoms with E-state index in [4.69, 9.17) is 20.9 Å². The van der Waals surface area contributed by atoms with Crippen LogP contribution >= 0.6 is 11.6 Å². The van der Waals surface area contributed by atoms with E-state index in [1.54, 1.807) is 24.0 Å². The maximum atomic E-state index is 13.1. The lowest BCUT2D eigenvalue weighted by Gasteiger charge is -2.38. The zero-order chi connectivity index (χ0) is 22.5. The van der Waals surface area contributed by atoms with Gasteiger partial charge in [0.1, 0.15) is 0 Å². The Bertz CT molecular complexity index is 944. The summed E-state index contributed by atoms with van der Waals surface area (Å²) in [4.78, 5) is 35.2. The summed E-state index contributed by atoms with van der Waals surface area (Å²) in [5.41, 5.74) is 0.807. The molecule has 0 spiro atoms. The first kappa shape index (κ1) is 22.5. The maximum Gasteiger partial charge on any atom is 0.409 e. The summed E-state index contributed by atoms with van der Waals surface area (Å²) in [6.07, 6.45) is 1.50. The molecule has 2 aliphatic heterocycles. The average molecular weight is 462 g/mol. The van der Waals surface area contributed by atoms with Crippen LogP contribution in [0.5, 0.6) is 0 Å². The molecule has 32 heavy (non-hydrogen) atoms. The molecule has 2 fully saturated rings. The molecule has 1 aromatic heterocycles. The van der Waals surface area contributed by atoms with Crippen LogP contribution in [0.25, 0.3) is 11.4 Å². The van der Waals surface area contributed by atoms with Gasteiger partial charge in [-0.2, -0.15) is 4.98 Å². The van der Waals surface area contributed by atoms with Crippen molar-refractivity contribution in [2.75, 3.05) is 45.9 Å². The zero-order valence-corrected chi connectivity index (χ0v) is 19.0. The van der Waals surface area contributed by atoms with Gasteiger partial charge in [-0.3, -0.25) is 9.69 Å². The fraction of sp³-hybridized carbons (Fsp3) is 0.545. The standard InChI is InChI=1S/C22H28ClN5O4/c1-2-31-22(30)28-11-9-27(10-12-28)21(29)17-6-4-8-26(14-17)15-19-24-20(25-32-19)16-5-3-7-18(23)13-16/h3,5,7,13,17H,2,4,6,8-12,14-15H2,1H3. The van der Waals surface area contributed by atoms with Gasteiger partial charge in [0, 0.05) is 43.3 Å². The van der Waals surface area contributed by atoms with Crippen molar-refractivity contribution in [1.82, 2.24) is 24.8 Å². The molecule has 4 rings (SSSR count). The summed E-state index contributed by atoms with van der Waals surface area (Å²) in [5.74, 6) is 1.12. The third-order valence-electron chi connectivity index (χ3n) is 5.88. The number of hydrogen-bond acceptors (Lipinski definition) is 7. The monoisotopic (exact) mass is 461 g/mol. The van der Waals surface area contributed by atoms with Crippen molar-refractivity contribution in [1.29, 1.82) is 0 Å². The highest BCUT2D eigenvalue weighted by Crippen LogP contribution is 2.23. The van der Waals surface area contributed by atoms with Crippen molar-refractivity contribution < 1.29 is 18.8 Å². The summed E-state index contributed by atoms with van der Waals surface area (Å²) >= 11 is 6.05. The molecule has 2 aromatic rings. The van der Waals surface area contributed by atoms with Gasteiger partial charge in [0.15, 0.2) is 0 Å². The molecule has 1 atom stereocenters. The van der Waals surface area contributed by atoms with Gasteiger partial charge in [-0.1, -0.05) is 28.9 Å².